The molecule has 0 radical (unpaired) electrons. The van der Waals surface area contributed by atoms with Crippen LogP contribution in [0.25, 0.3) is 11.3 Å². The Bertz CT molecular complexity index is 878. The van der Waals surface area contributed by atoms with E-state index >= 15 is 0 Å². The molecule has 146 valence electrons. The fraction of sp³-hybridized carbons (Fsp3) is 0.400. The van der Waals surface area contributed by atoms with Crippen molar-refractivity contribution in [3.63, 3.8) is 0 Å². The van der Waals surface area contributed by atoms with Crippen LogP contribution in [-0.2, 0) is 9.53 Å². The molecule has 1 fully saturated rings. The number of hydrogen-bond donors (Lipinski definition) is 2. The van der Waals surface area contributed by atoms with Gasteiger partial charge in [0.1, 0.15) is 0 Å². The first-order valence-electron chi connectivity index (χ1n) is 9.51. The highest BCUT2D eigenvalue weighted by atomic mass is 16.5. The van der Waals surface area contributed by atoms with Gasteiger partial charge in [0.05, 0.1) is 18.4 Å². The molecule has 28 heavy (non-hydrogen) atoms. The van der Waals surface area contributed by atoms with Crippen molar-refractivity contribution in [1.29, 1.82) is 0 Å². The zero-order valence-corrected chi connectivity index (χ0v) is 15.6. The Balaban J connectivity index is 1.57. The van der Waals surface area contributed by atoms with Crippen LogP contribution >= 0.6 is 0 Å². The number of fused-ring (bicyclic) bond motifs is 1. The summed E-state index contributed by atoms with van der Waals surface area (Å²) in [5.74, 6) is 1.26. The Morgan fingerprint density at radius 3 is 2.71 bits per heavy atom. The van der Waals surface area contributed by atoms with E-state index in [4.69, 9.17) is 15.5 Å². The molecular weight excluding hydrogens is 358 g/mol. The number of rotatable bonds is 5. The van der Waals surface area contributed by atoms with Crippen LogP contribution < -0.4 is 16.0 Å². The molecule has 0 saturated carbocycles. The van der Waals surface area contributed by atoms with Crippen LogP contribution in [-0.4, -0.2) is 48.1 Å². The van der Waals surface area contributed by atoms with Gasteiger partial charge in [-0.1, -0.05) is 12.1 Å². The molecule has 2 amide bonds. The molecule has 1 aromatic heterocycles. The van der Waals surface area contributed by atoms with Crippen molar-refractivity contribution in [3.8, 4) is 11.3 Å². The fourth-order valence-corrected chi connectivity index (χ4v) is 3.59. The molecule has 1 saturated heterocycles. The van der Waals surface area contributed by atoms with Crippen LogP contribution in [0.5, 0.6) is 0 Å². The third-order valence-electron chi connectivity index (χ3n) is 5.28. The van der Waals surface area contributed by atoms with Gasteiger partial charge in [-0.15, -0.1) is 0 Å². The monoisotopic (exact) mass is 381 g/mol. The first kappa shape index (κ1) is 18.4. The highest BCUT2D eigenvalue weighted by Gasteiger charge is 2.28. The number of benzene rings is 1. The van der Waals surface area contributed by atoms with Gasteiger partial charge in [-0.2, -0.15) is 0 Å². The number of anilines is 2. The summed E-state index contributed by atoms with van der Waals surface area (Å²) in [5, 5.41) is 3.04. The van der Waals surface area contributed by atoms with Crippen LogP contribution in [0.4, 0.5) is 11.6 Å². The van der Waals surface area contributed by atoms with Crippen molar-refractivity contribution in [2.24, 2.45) is 11.7 Å². The third-order valence-corrected chi connectivity index (χ3v) is 5.28. The number of ether oxygens (including phenoxy) is 1. The number of nitrogens with two attached hydrogens (primary N) is 1. The maximum atomic E-state index is 12.5. The number of carbonyl (C=O) groups excluding carboxylic acids is 2. The second kappa shape index (κ2) is 7.93. The van der Waals surface area contributed by atoms with E-state index in [1.165, 1.54) is 0 Å². The van der Waals surface area contributed by atoms with Crippen molar-refractivity contribution in [3.05, 3.63) is 36.0 Å². The molecule has 0 spiro atoms. The highest BCUT2D eigenvalue weighted by molar-refractivity contribution is 6.01. The molecule has 2 aromatic rings. The molecule has 3 heterocycles. The summed E-state index contributed by atoms with van der Waals surface area (Å²) in [4.78, 5) is 34.7. The number of primary amides is 1. The molecule has 0 bridgehead atoms. The number of carbonyl (C=O) groups is 2. The molecule has 0 unspecified atom stereocenters. The van der Waals surface area contributed by atoms with E-state index in [0.717, 1.165) is 38.0 Å². The van der Waals surface area contributed by atoms with Gasteiger partial charge >= 0.3 is 0 Å². The summed E-state index contributed by atoms with van der Waals surface area (Å²) in [6, 6.07) is 6.87. The lowest BCUT2D eigenvalue weighted by Gasteiger charge is -2.30. The lowest BCUT2D eigenvalue weighted by atomic mass is 9.96. The number of aromatic nitrogens is 2. The Morgan fingerprint density at radius 1 is 1.25 bits per heavy atom. The molecule has 4 rings (SSSR count). The smallest absolute Gasteiger partial charge is 0.248 e. The molecular formula is C20H23N5O3. The second-order valence-electron chi connectivity index (χ2n) is 7.11. The van der Waals surface area contributed by atoms with E-state index in [9.17, 15) is 9.59 Å². The summed E-state index contributed by atoms with van der Waals surface area (Å²) in [6.07, 6.45) is 4.65. The highest BCUT2D eigenvalue weighted by Crippen LogP contribution is 2.30. The summed E-state index contributed by atoms with van der Waals surface area (Å²) in [7, 11) is 0. The Morgan fingerprint density at radius 2 is 2.00 bits per heavy atom. The molecule has 0 aliphatic carbocycles. The zero-order chi connectivity index (χ0) is 19.5. The van der Waals surface area contributed by atoms with Gasteiger partial charge in [-0.05, 0) is 37.3 Å². The van der Waals surface area contributed by atoms with E-state index < -0.39 is 5.91 Å². The maximum Gasteiger partial charge on any atom is 0.248 e. The average Bonchev–Trinajstić information content (AvgIpc) is 2.73. The van der Waals surface area contributed by atoms with E-state index in [1.54, 1.807) is 35.4 Å². The van der Waals surface area contributed by atoms with Gasteiger partial charge in [0.15, 0.2) is 11.6 Å². The minimum atomic E-state index is -0.475. The molecule has 2 aliphatic rings. The molecule has 8 heteroatoms. The van der Waals surface area contributed by atoms with Crippen molar-refractivity contribution in [2.45, 2.75) is 19.3 Å². The van der Waals surface area contributed by atoms with Gasteiger partial charge < -0.3 is 15.8 Å². The minimum Gasteiger partial charge on any atom is -0.381 e. The zero-order valence-electron chi connectivity index (χ0n) is 15.6. The molecule has 1 aromatic carbocycles. The fourth-order valence-electron chi connectivity index (χ4n) is 3.59. The lowest BCUT2D eigenvalue weighted by molar-refractivity contribution is -0.117. The van der Waals surface area contributed by atoms with Gasteiger partial charge in [-0.3, -0.25) is 14.5 Å². The number of nitrogens with one attached hydrogen (secondary N) is 1. The third kappa shape index (κ3) is 3.82. The number of nitrogens with zero attached hydrogens (tertiary/aromatic N) is 3. The van der Waals surface area contributed by atoms with E-state index in [1.807, 2.05) is 0 Å². The first-order valence-corrected chi connectivity index (χ1v) is 9.51. The van der Waals surface area contributed by atoms with Gasteiger partial charge in [-0.25, -0.2) is 9.97 Å². The van der Waals surface area contributed by atoms with Crippen LogP contribution in [0.3, 0.4) is 0 Å². The summed E-state index contributed by atoms with van der Waals surface area (Å²) < 4.78 is 5.41. The Hall–Kier alpha value is -3.00. The van der Waals surface area contributed by atoms with Gasteiger partial charge in [0, 0.05) is 30.9 Å². The van der Waals surface area contributed by atoms with Gasteiger partial charge in [0.2, 0.25) is 11.8 Å². The second-order valence-corrected chi connectivity index (χ2v) is 7.11. The summed E-state index contributed by atoms with van der Waals surface area (Å²) in [5.41, 5.74) is 7.18. The standard InChI is InChI=1S/C20H23N5O3/c21-18(27)15-3-1-14(2-4-15)16-11-22-19-20(24-16)25(17(26)12-23-19)8-5-13-6-9-28-10-7-13/h1-4,11,13H,5-10,12H2,(H2,21,27)(H,22,23). The Kier molecular flexibility index (Phi) is 5.21. The lowest BCUT2D eigenvalue weighted by Crippen LogP contribution is -2.42. The van der Waals surface area contributed by atoms with Crippen LogP contribution in [0, 0.1) is 5.92 Å². The SMILES string of the molecule is NC(=O)c1ccc(-c2cnc3c(n2)N(CCC2CCOCC2)C(=O)CN3)cc1. The quantitative estimate of drug-likeness (QED) is 0.817. The number of hydrogen-bond acceptors (Lipinski definition) is 6. The summed E-state index contributed by atoms with van der Waals surface area (Å²) >= 11 is 0. The van der Waals surface area contributed by atoms with Crippen molar-refractivity contribution in [2.75, 3.05) is 36.5 Å². The summed E-state index contributed by atoms with van der Waals surface area (Å²) in [6.45, 7) is 2.43. The van der Waals surface area contributed by atoms with Gasteiger partial charge in [0.25, 0.3) is 0 Å². The predicted octanol–water partition coefficient (Wildman–Crippen LogP) is 1.82. The first-order chi connectivity index (χ1) is 13.6. The van der Waals surface area contributed by atoms with Crippen molar-refractivity contribution < 1.29 is 14.3 Å². The average molecular weight is 381 g/mol. The van der Waals surface area contributed by atoms with Crippen LogP contribution in [0.1, 0.15) is 29.6 Å². The largest absolute Gasteiger partial charge is 0.381 e. The topological polar surface area (TPSA) is 110 Å². The number of amides is 2. The van der Waals surface area contributed by atoms with E-state index in [2.05, 4.69) is 10.3 Å². The molecule has 8 nitrogen and oxygen atoms in total. The van der Waals surface area contributed by atoms with E-state index in [0.29, 0.717) is 35.4 Å². The minimum absolute atomic E-state index is 0.00455. The predicted molar refractivity (Wildman–Crippen MR) is 105 cm³/mol. The molecule has 0 atom stereocenters. The molecule has 2 aliphatic heterocycles. The van der Waals surface area contributed by atoms with Crippen LogP contribution in [0.2, 0.25) is 0 Å². The Labute approximate surface area is 163 Å². The molecule has 3 N–H and O–H groups in total. The normalized spacial score (nSPS) is 17.1. The van der Waals surface area contributed by atoms with E-state index in [-0.39, 0.29) is 12.5 Å². The van der Waals surface area contributed by atoms with Crippen LogP contribution in [0.15, 0.2) is 30.5 Å². The van der Waals surface area contributed by atoms with Crippen molar-refractivity contribution in [1.82, 2.24) is 9.97 Å². The maximum absolute atomic E-state index is 12.5. The van der Waals surface area contributed by atoms with Crippen molar-refractivity contribution >= 4 is 23.5 Å².